The van der Waals surface area contributed by atoms with Crippen molar-refractivity contribution in [3.63, 3.8) is 0 Å². The van der Waals surface area contributed by atoms with Crippen LogP contribution >= 0.6 is 0 Å². The summed E-state index contributed by atoms with van der Waals surface area (Å²) in [6.45, 7) is 3.84. The van der Waals surface area contributed by atoms with Gasteiger partial charge < -0.3 is 29.0 Å². The fourth-order valence-corrected chi connectivity index (χ4v) is 1.98. The quantitative estimate of drug-likeness (QED) is 0.498. The normalized spacial score (nSPS) is 17.7. The number of nitrogens with zero attached hydrogens (tertiary/aromatic N) is 1. The van der Waals surface area contributed by atoms with Gasteiger partial charge in [0.2, 0.25) is 0 Å². The maximum absolute atomic E-state index is 12.0. The second-order valence-corrected chi connectivity index (χ2v) is 4.58. The largest absolute Gasteiger partial charge is 0.463 e. The van der Waals surface area contributed by atoms with Crippen molar-refractivity contribution in [2.24, 2.45) is 0 Å². The highest BCUT2D eigenvalue weighted by Gasteiger charge is 2.31. The van der Waals surface area contributed by atoms with Crippen LogP contribution < -0.4 is 0 Å². The molecule has 130 valence electrons. The molecule has 1 atom stereocenters. The highest BCUT2D eigenvalue weighted by molar-refractivity contribution is 5.93. The zero-order valence-corrected chi connectivity index (χ0v) is 13.8. The van der Waals surface area contributed by atoms with Gasteiger partial charge in [-0.15, -0.1) is 0 Å². The average Bonchev–Trinajstić information content (AvgIpc) is 2.53. The minimum absolute atomic E-state index is 0.0193. The van der Waals surface area contributed by atoms with Gasteiger partial charge in [-0.05, 0) is 19.9 Å². The molecule has 1 unspecified atom stereocenters. The molecule has 0 bridgehead atoms. The van der Waals surface area contributed by atoms with Gasteiger partial charge in [-0.25, -0.2) is 9.59 Å². The monoisotopic (exact) mass is 329 g/mol. The Morgan fingerprint density at radius 2 is 1.74 bits per heavy atom. The Kier molecular flexibility index (Phi) is 7.73. The molecule has 1 heterocycles. The van der Waals surface area contributed by atoms with Crippen molar-refractivity contribution in [2.75, 3.05) is 34.0 Å². The van der Waals surface area contributed by atoms with Crippen LogP contribution in [-0.4, -0.2) is 68.3 Å². The van der Waals surface area contributed by atoms with Gasteiger partial charge in [-0.1, -0.05) is 0 Å². The first-order valence-corrected chi connectivity index (χ1v) is 7.26. The maximum Gasteiger partial charge on any atom is 0.354 e. The first-order valence-electron chi connectivity index (χ1n) is 7.26. The van der Waals surface area contributed by atoms with Crippen LogP contribution in [0.2, 0.25) is 0 Å². The van der Waals surface area contributed by atoms with E-state index in [1.165, 1.54) is 31.4 Å². The summed E-state index contributed by atoms with van der Waals surface area (Å²) in [6, 6.07) is 0. The molecule has 0 radical (unpaired) electrons. The highest BCUT2D eigenvalue weighted by Crippen LogP contribution is 2.22. The molecule has 0 aromatic rings. The molecule has 1 aliphatic heterocycles. The summed E-state index contributed by atoms with van der Waals surface area (Å²) in [5, 5.41) is 10.1. The average molecular weight is 329 g/mol. The van der Waals surface area contributed by atoms with E-state index in [0.29, 0.717) is 0 Å². The number of carbonyl (C=O) groups excluding carboxylic acids is 2. The standard InChI is InChI=1S/C15H23NO7/c1-5-22-14(18)10-8-16(9-13(20-3)21-4)11(7-12(10)17)15(19)23-6-2/h7-8,12-13,17H,5-6,9H2,1-4H3. The third kappa shape index (κ3) is 5.05. The molecule has 0 saturated carbocycles. The minimum Gasteiger partial charge on any atom is -0.463 e. The Hall–Kier alpha value is -1.90. The topological polar surface area (TPSA) is 94.5 Å². The lowest BCUT2D eigenvalue weighted by Gasteiger charge is -2.30. The van der Waals surface area contributed by atoms with E-state index >= 15 is 0 Å². The smallest absolute Gasteiger partial charge is 0.354 e. The van der Waals surface area contributed by atoms with Crippen molar-refractivity contribution in [3.05, 3.63) is 23.5 Å². The Morgan fingerprint density at radius 1 is 1.17 bits per heavy atom. The molecule has 0 aromatic heterocycles. The van der Waals surface area contributed by atoms with Crippen molar-refractivity contribution in [3.8, 4) is 0 Å². The van der Waals surface area contributed by atoms with Crippen molar-refractivity contribution in [2.45, 2.75) is 26.2 Å². The van der Waals surface area contributed by atoms with Crippen LogP contribution in [0, 0.1) is 0 Å². The second-order valence-electron chi connectivity index (χ2n) is 4.58. The summed E-state index contributed by atoms with van der Waals surface area (Å²) < 4.78 is 20.1. The Balaban J connectivity index is 3.08. The molecule has 23 heavy (non-hydrogen) atoms. The van der Waals surface area contributed by atoms with Gasteiger partial charge in [0.25, 0.3) is 0 Å². The SMILES string of the molecule is CCOC(=O)C1=CN(CC(OC)OC)C(C(=O)OCC)=CC1O. The van der Waals surface area contributed by atoms with Crippen LogP contribution in [0.5, 0.6) is 0 Å². The van der Waals surface area contributed by atoms with E-state index in [2.05, 4.69) is 0 Å². The minimum atomic E-state index is -1.26. The molecule has 8 nitrogen and oxygen atoms in total. The number of aliphatic hydroxyl groups is 1. The molecule has 0 aliphatic carbocycles. The number of hydrogen-bond acceptors (Lipinski definition) is 8. The second kappa shape index (κ2) is 9.29. The summed E-state index contributed by atoms with van der Waals surface area (Å²) >= 11 is 0. The van der Waals surface area contributed by atoms with Gasteiger partial charge in [0, 0.05) is 20.4 Å². The third-order valence-corrected chi connectivity index (χ3v) is 3.11. The van der Waals surface area contributed by atoms with E-state index in [4.69, 9.17) is 18.9 Å². The van der Waals surface area contributed by atoms with E-state index in [1.54, 1.807) is 13.8 Å². The van der Waals surface area contributed by atoms with Crippen LogP contribution in [-0.2, 0) is 28.5 Å². The number of esters is 2. The molecule has 0 aromatic carbocycles. The third-order valence-electron chi connectivity index (χ3n) is 3.11. The Bertz CT molecular complexity index is 482. The van der Waals surface area contributed by atoms with Crippen molar-refractivity contribution in [1.29, 1.82) is 0 Å². The Morgan fingerprint density at radius 3 is 2.26 bits per heavy atom. The van der Waals surface area contributed by atoms with Crippen LogP contribution in [0.25, 0.3) is 0 Å². The predicted octanol–water partition coefficient (Wildman–Crippen LogP) is 0.176. The molecular formula is C15H23NO7. The van der Waals surface area contributed by atoms with E-state index in [9.17, 15) is 14.7 Å². The van der Waals surface area contributed by atoms with Crippen molar-refractivity contribution in [1.82, 2.24) is 4.90 Å². The molecule has 0 spiro atoms. The fourth-order valence-electron chi connectivity index (χ4n) is 1.98. The zero-order valence-electron chi connectivity index (χ0n) is 13.8. The first kappa shape index (κ1) is 19.1. The van der Waals surface area contributed by atoms with E-state index < -0.39 is 24.3 Å². The lowest BCUT2D eigenvalue weighted by atomic mass is 10.1. The summed E-state index contributed by atoms with van der Waals surface area (Å²) in [4.78, 5) is 25.4. The number of carbonyl (C=O) groups is 2. The molecule has 0 saturated heterocycles. The van der Waals surface area contributed by atoms with Gasteiger partial charge in [-0.2, -0.15) is 0 Å². The molecule has 0 amide bonds. The van der Waals surface area contributed by atoms with Crippen LogP contribution in [0.1, 0.15) is 13.8 Å². The van der Waals surface area contributed by atoms with Crippen LogP contribution in [0.4, 0.5) is 0 Å². The lowest BCUT2D eigenvalue weighted by molar-refractivity contribution is -0.143. The summed E-state index contributed by atoms with van der Waals surface area (Å²) in [5.74, 6) is -1.27. The van der Waals surface area contributed by atoms with E-state index in [0.717, 1.165) is 0 Å². The molecule has 1 N–H and O–H groups in total. The predicted molar refractivity (Wildman–Crippen MR) is 80.0 cm³/mol. The first-order chi connectivity index (χ1) is 11.0. The fraction of sp³-hybridized carbons (Fsp3) is 0.600. The number of methoxy groups -OCH3 is 2. The number of ether oxygens (including phenoxy) is 4. The van der Waals surface area contributed by atoms with Gasteiger partial charge in [0.05, 0.1) is 25.3 Å². The molecule has 8 heteroatoms. The van der Waals surface area contributed by atoms with E-state index in [-0.39, 0.29) is 31.0 Å². The van der Waals surface area contributed by atoms with E-state index in [1.807, 2.05) is 0 Å². The number of rotatable bonds is 8. The number of aliphatic hydroxyl groups excluding tert-OH is 1. The maximum atomic E-state index is 12.0. The molecule has 0 fully saturated rings. The van der Waals surface area contributed by atoms with Crippen molar-refractivity contribution < 1.29 is 33.6 Å². The summed E-state index contributed by atoms with van der Waals surface area (Å²) in [7, 11) is 2.91. The molecule has 1 aliphatic rings. The van der Waals surface area contributed by atoms with Crippen molar-refractivity contribution >= 4 is 11.9 Å². The Labute approximate surface area is 135 Å². The number of hydrogen-bond donors (Lipinski definition) is 1. The van der Waals surface area contributed by atoms with Gasteiger partial charge in [0.15, 0.2) is 6.29 Å². The summed E-state index contributed by atoms with van der Waals surface area (Å²) in [5.41, 5.74) is 0.123. The zero-order chi connectivity index (χ0) is 17.4. The van der Waals surface area contributed by atoms with Crippen LogP contribution in [0.3, 0.4) is 0 Å². The van der Waals surface area contributed by atoms with Gasteiger partial charge >= 0.3 is 11.9 Å². The lowest BCUT2D eigenvalue weighted by Crippen LogP contribution is -2.38. The van der Waals surface area contributed by atoms with Crippen LogP contribution in [0.15, 0.2) is 23.5 Å². The van der Waals surface area contributed by atoms with Gasteiger partial charge in [-0.3, -0.25) is 0 Å². The molecule has 1 rings (SSSR count). The van der Waals surface area contributed by atoms with Gasteiger partial charge in [0.1, 0.15) is 11.8 Å². The highest BCUT2D eigenvalue weighted by atomic mass is 16.7. The summed E-state index contributed by atoms with van der Waals surface area (Å²) in [6.07, 6.45) is 0.697. The molecular weight excluding hydrogens is 306 g/mol.